The van der Waals surface area contributed by atoms with Crippen molar-refractivity contribution in [1.82, 2.24) is 4.90 Å². The van der Waals surface area contributed by atoms with E-state index < -0.39 is 0 Å². The van der Waals surface area contributed by atoms with Crippen LogP contribution in [-0.4, -0.2) is 34.3 Å². The summed E-state index contributed by atoms with van der Waals surface area (Å²) in [4.78, 5) is 15.2. The van der Waals surface area contributed by atoms with E-state index in [0.29, 0.717) is 10.8 Å². The highest BCUT2D eigenvalue weighted by Crippen LogP contribution is 2.43. The number of carbonyl (C=O) groups is 1. The molecule has 1 unspecified atom stereocenters. The third kappa shape index (κ3) is 4.48. The van der Waals surface area contributed by atoms with Crippen LogP contribution in [0.4, 0.5) is 4.39 Å². The lowest BCUT2D eigenvalue weighted by atomic mass is 9.95. The van der Waals surface area contributed by atoms with Crippen LogP contribution in [0.15, 0.2) is 24.3 Å². The molecule has 3 fully saturated rings. The maximum Gasteiger partial charge on any atom is 0.157 e. The number of likely N-dealkylation sites (tertiary alicyclic amines) is 1. The number of halogens is 1. The lowest BCUT2D eigenvalue weighted by molar-refractivity contribution is -0.126. The SMILES string of the molecule is O=C(C1CC1)C(c1ccccc1F)N1CCC(SSC2CCCC2)CC1. The van der Waals surface area contributed by atoms with E-state index in [0.717, 1.165) is 44.0 Å². The number of Topliss-reactive ketones (excluding diaryl/α,β-unsaturated/α-hetero) is 1. The summed E-state index contributed by atoms with van der Waals surface area (Å²) in [6.07, 6.45) is 9.71. The van der Waals surface area contributed by atoms with Crippen molar-refractivity contribution in [3.05, 3.63) is 35.6 Å². The van der Waals surface area contributed by atoms with Crippen LogP contribution in [0.2, 0.25) is 0 Å². The van der Waals surface area contributed by atoms with Gasteiger partial charge in [-0.05, 0) is 44.6 Å². The van der Waals surface area contributed by atoms with Gasteiger partial charge in [0, 0.05) is 35.1 Å². The summed E-state index contributed by atoms with van der Waals surface area (Å²) in [7, 11) is 4.16. The van der Waals surface area contributed by atoms with E-state index >= 15 is 0 Å². The Bertz CT molecular complexity index is 622. The van der Waals surface area contributed by atoms with Crippen molar-refractivity contribution in [2.75, 3.05) is 13.1 Å². The molecule has 0 spiro atoms. The number of ketones is 1. The molecule has 0 amide bonds. The topological polar surface area (TPSA) is 20.3 Å². The summed E-state index contributed by atoms with van der Waals surface area (Å²) in [5.74, 6) is 0.158. The monoisotopic (exact) mass is 393 g/mol. The molecule has 1 saturated heterocycles. The molecule has 0 N–H and O–H groups in total. The number of benzene rings is 1. The van der Waals surface area contributed by atoms with Gasteiger partial charge in [-0.15, -0.1) is 0 Å². The van der Waals surface area contributed by atoms with E-state index in [1.165, 1.54) is 31.7 Å². The molecule has 3 aliphatic rings. The van der Waals surface area contributed by atoms with Gasteiger partial charge in [-0.3, -0.25) is 9.69 Å². The molecule has 0 bridgehead atoms. The van der Waals surface area contributed by atoms with Gasteiger partial charge >= 0.3 is 0 Å². The molecular weight excluding hydrogens is 365 g/mol. The first-order chi connectivity index (χ1) is 12.7. The normalized spacial score (nSPS) is 24.0. The van der Waals surface area contributed by atoms with E-state index in [-0.39, 0.29) is 23.6 Å². The van der Waals surface area contributed by atoms with Gasteiger partial charge in [0.1, 0.15) is 5.82 Å². The fraction of sp³-hybridized carbons (Fsp3) is 0.667. The van der Waals surface area contributed by atoms with Crippen molar-refractivity contribution in [1.29, 1.82) is 0 Å². The average Bonchev–Trinajstić information content (AvgIpc) is 3.39. The molecule has 1 aliphatic heterocycles. The second-order valence-electron chi connectivity index (χ2n) is 7.93. The zero-order valence-electron chi connectivity index (χ0n) is 15.2. The predicted octanol–water partition coefficient (Wildman–Crippen LogP) is 5.63. The summed E-state index contributed by atoms with van der Waals surface area (Å²) in [6.45, 7) is 1.81. The summed E-state index contributed by atoms with van der Waals surface area (Å²) >= 11 is 0. The molecule has 1 heterocycles. The summed E-state index contributed by atoms with van der Waals surface area (Å²) in [5.41, 5.74) is 0.579. The van der Waals surface area contributed by atoms with Gasteiger partial charge in [0.15, 0.2) is 5.78 Å². The Morgan fingerprint density at radius 3 is 2.19 bits per heavy atom. The molecule has 2 aliphatic carbocycles. The van der Waals surface area contributed by atoms with Crippen LogP contribution >= 0.6 is 21.6 Å². The van der Waals surface area contributed by atoms with Crippen LogP contribution in [0.25, 0.3) is 0 Å². The number of rotatable bonds is 7. The van der Waals surface area contributed by atoms with Gasteiger partial charge in [0.25, 0.3) is 0 Å². The van der Waals surface area contributed by atoms with Gasteiger partial charge in [0.2, 0.25) is 0 Å². The lowest BCUT2D eigenvalue weighted by Gasteiger charge is -2.37. The fourth-order valence-corrected chi connectivity index (χ4v) is 7.53. The standard InChI is InChI=1S/C21H28FNOS2/c22-19-8-4-3-7-18(19)20(21(24)15-9-10-15)23-13-11-17(12-14-23)26-25-16-5-1-2-6-16/h3-4,7-8,15-17,20H,1-2,5-6,9-14H2. The minimum absolute atomic E-state index is 0.157. The molecule has 4 rings (SSSR count). The van der Waals surface area contributed by atoms with Crippen LogP contribution in [-0.2, 0) is 4.79 Å². The first kappa shape index (κ1) is 18.8. The van der Waals surface area contributed by atoms with Crippen LogP contribution in [0.3, 0.4) is 0 Å². The van der Waals surface area contributed by atoms with Gasteiger partial charge in [-0.1, -0.05) is 52.6 Å². The van der Waals surface area contributed by atoms with E-state index in [2.05, 4.69) is 26.5 Å². The molecular formula is C21H28FNOS2. The van der Waals surface area contributed by atoms with Crippen molar-refractivity contribution < 1.29 is 9.18 Å². The average molecular weight is 394 g/mol. The first-order valence-electron chi connectivity index (χ1n) is 10.1. The van der Waals surface area contributed by atoms with Crippen LogP contribution < -0.4 is 0 Å². The van der Waals surface area contributed by atoms with Crippen LogP contribution in [0.1, 0.15) is 63.0 Å². The highest BCUT2D eigenvalue weighted by molar-refractivity contribution is 8.77. The second kappa shape index (κ2) is 8.66. The Balaban J connectivity index is 1.38. The summed E-state index contributed by atoms with van der Waals surface area (Å²) < 4.78 is 14.4. The van der Waals surface area contributed by atoms with Crippen molar-refractivity contribution in [2.45, 2.75) is 67.9 Å². The zero-order chi connectivity index (χ0) is 17.9. The smallest absolute Gasteiger partial charge is 0.157 e. The molecule has 2 nitrogen and oxygen atoms in total. The van der Waals surface area contributed by atoms with Gasteiger partial charge in [-0.2, -0.15) is 0 Å². The Morgan fingerprint density at radius 1 is 0.962 bits per heavy atom. The van der Waals surface area contributed by atoms with Crippen molar-refractivity contribution >= 4 is 27.4 Å². The van der Waals surface area contributed by atoms with E-state index in [4.69, 9.17) is 0 Å². The van der Waals surface area contributed by atoms with E-state index in [1.807, 2.05) is 6.07 Å². The van der Waals surface area contributed by atoms with Crippen molar-refractivity contribution in [2.24, 2.45) is 5.92 Å². The van der Waals surface area contributed by atoms with Crippen molar-refractivity contribution in [3.8, 4) is 0 Å². The van der Waals surface area contributed by atoms with Crippen LogP contribution in [0, 0.1) is 11.7 Å². The Labute approximate surface area is 164 Å². The zero-order valence-corrected chi connectivity index (χ0v) is 16.9. The highest BCUT2D eigenvalue weighted by Gasteiger charge is 2.40. The number of hydrogen-bond acceptors (Lipinski definition) is 4. The third-order valence-electron chi connectivity index (χ3n) is 5.92. The predicted molar refractivity (Wildman–Crippen MR) is 109 cm³/mol. The summed E-state index contributed by atoms with van der Waals surface area (Å²) in [6, 6.07) is 6.48. The Hall–Kier alpha value is -0.520. The van der Waals surface area contributed by atoms with Gasteiger partial charge in [0.05, 0.1) is 6.04 Å². The molecule has 5 heteroatoms. The fourth-order valence-electron chi connectivity index (χ4n) is 4.19. The van der Waals surface area contributed by atoms with Gasteiger partial charge < -0.3 is 0 Å². The van der Waals surface area contributed by atoms with E-state index in [9.17, 15) is 9.18 Å². The quantitative estimate of drug-likeness (QED) is 0.559. The number of nitrogens with zero attached hydrogens (tertiary/aromatic N) is 1. The molecule has 0 aromatic heterocycles. The third-order valence-corrected chi connectivity index (χ3v) is 9.49. The number of hydrogen-bond donors (Lipinski definition) is 0. The first-order valence-corrected chi connectivity index (χ1v) is 12.3. The second-order valence-corrected chi connectivity index (χ2v) is 10.8. The number of carbonyl (C=O) groups excluding carboxylic acids is 1. The minimum Gasteiger partial charge on any atom is -0.297 e. The molecule has 0 radical (unpaired) electrons. The largest absolute Gasteiger partial charge is 0.297 e. The minimum atomic E-state index is -0.378. The number of piperidine rings is 1. The summed E-state index contributed by atoms with van der Waals surface area (Å²) in [5, 5.41) is 1.52. The molecule has 1 aromatic rings. The maximum atomic E-state index is 14.4. The molecule has 1 atom stereocenters. The Kier molecular flexibility index (Phi) is 6.27. The van der Waals surface area contributed by atoms with Crippen molar-refractivity contribution in [3.63, 3.8) is 0 Å². The van der Waals surface area contributed by atoms with Gasteiger partial charge in [-0.25, -0.2) is 4.39 Å². The highest BCUT2D eigenvalue weighted by atomic mass is 33.1. The van der Waals surface area contributed by atoms with Crippen LogP contribution in [0.5, 0.6) is 0 Å². The van der Waals surface area contributed by atoms with E-state index in [1.54, 1.807) is 12.1 Å². The molecule has 1 aromatic carbocycles. The molecule has 2 saturated carbocycles. The Morgan fingerprint density at radius 2 is 1.58 bits per heavy atom. The maximum absolute atomic E-state index is 14.4. The molecule has 26 heavy (non-hydrogen) atoms. The lowest BCUT2D eigenvalue weighted by Crippen LogP contribution is -2.41. The molecule has 142 valence electrons.